The minimum atomic E-state index is -3.55. The topological polar surface area (TPSA) is 86.8 Å². The Kier molecular flexibility index (Phi) is 11.0. The molecule has 0 aromatic heterocycles. The van der Waals surface area contributed by atoms with Crippen molar-refractivity contribution in [2.75, 3.05) is 17.1 Å². The lowest BCUT2D eigenvalue weighted by Crippen LogP contribution is -2.49. The summed E-state index contributed by atoms with van der Waals surface area (Å²) < 4.78 is 26.9. The summed E-state index contributed by atoms with van der Waals surface area (Å²) in [6.45, 7) is 6.00. The number of amides is 2. The van der Waals surface area contributed by atoms with Gasteiger partial charge in [-0.2, -0.15) is 0 Å². The summed E-state index contributed by atoms with van der Waals surface area (Å²) in [7, 11) is -3.55. The number of rotatable bonds is 12. The van der Waals surface area contributed by atoms with E-state index in [2.05, 4.69) is 21.2 Å². The second-order valence-electron chi connectivity index (χ2n) is 8.56. The summed E-state index contributed by atoms with van der Waals surface area (Å²) >= 11 is 9.38. The number of carbonyl (C=O) groups is 2. The van der Waals surface area contributed by atoms with Crippen LogP contribution in [0, 0.1) is 0 Å². The van der Waals surface area contributed by atoms with Gasteiger partial charge in [0.15, 0.2) is 0 Å². The first-order valence-corrected chi connectivity index (χ1v) is 14.5. The molecule has 2 rings (SSSR count). The van der Waals surface area contributed by atoms with Crippen LogP contribution >= 0.6 is 27.5 Å². The highest BCUT2D eigenvalue weighted by Crippen LogP contribution is 2.22. The predicted octanol–water partition coefficient (Wildman–Crippen LogP) is 4.98. The van der Waals surface area contributed by atoms with Crippen LogP contribution in [-0.2, 0) is 26.2 Å². The van der Waals surface area contributed by atoms with Gasteiger partial charge in [-0.05, 0) is 68.7 Å². The average Bonchev–Trinajstić information content (AvgIpc) is 2.79. The monoisotopic (exact) mass is 585 g/mol. The van der Waals surface area contributed by atoms with Gasteiger partial charge in [-0.1, -0.05) is 46.6 Å². The molecule has 0 aliphatic carbocycles. The second-order valence-corrected chi connectivity index (χ2v) is 11.8. The molecule has 10 heteroatoms. The third-order valence-corrected chi connectivity index (χ3v) is 7.62. The van der Waals surface area contributed by atoms with E-state index in [0.29, 0.717) is 17.1 Å². The van der Waals surface area contributed by atoms with Crippen LogP contribution in [0.3, 0.4) is 0 Å². The highest BCUT2D eigenvalue weighted by Gasteiger charge is 2.27. The highest BCUT2D eigenvalue weighted by molar-refractivity contribution is 9.10. The Labute approximate surface area is 222 Å². The summed E-state index contributed by atoms with van der Waals surface area (Å²) in [5, 5.41) is 3.45. The minimum absolute atomic E-state index is 0.00420. The zero-order valence-corrected chi connectivity index (χ0v) is 23.7. The fourth-order valence-corrected chi connectivity index (χ4v) is 5.03. The Bertz CT molecular complexity index is 1110. The summed E-state index contributed by atoms with van der Waals surface area (Å²) in [5.41, 5.74) is 1.37. The number of anilines is 1. The van der Waals surface area contributed by atoms with Crippen LogP contribution < -0.4 is 9.62 Å². The van der Waals surface area contributed by atoms with Crippen molar-refractivity contribution < 1.29 is 18.0 Å². The van der Waals surface area contributed by atoms with E-state index in [9.17, 15) is 18.0 Å². The molecule has 0 spiro atoms. The number of nitrogens with zero attached hydrogens (tertiary/aromatic N) is 2. The van der Waals surface area contributed by atoms with E-state index in [4.69, 9.17) is 11.6 Å². The lowest BCUT2D eigenvalue weighted by molar-refractivity contribution is -0.140. The lowest BCUT2D eigenvalue weighted by Gasteiger charge is -2.30. The first-order chi connectivity index (χ1) is 16.4. The Morgan fingerprint density at radius 1 is 1.11 bits per heavy atom. The van der Waals surface area contributed by atoms with Gasteiger partial charge in [0, 0.05) is 35.0 Å². The summed E-state index contributed by atoms with van der Waals surface area (Å²) in [6.07, 6.45) is 2.30. The predicted molar refractivity (Wildman–Crippen MR) is 145 cm³/mol. The summed E-state index contributed by atoms with van der Waals surface area (Å²) in [6, 6.07) is 13.4. The first kappa shape index (κ1) is 29.1. The van der Waals surface area contributed by atoms with E-state index >= 15 is 0 Å². The van der Waals surface area contributed by atoms with E-state index in [1.807, 2.05) is 38.1 Å². The molecule has 35 heavy (non-hydrogen) atoms. The minimum Gasteiger partial charge on any atom is -0.352 e. The number of hydrogen-bond acceptors (Lipinski definition) is 4. The van der Waals surface area contributed by atoms with Crippen LogP contribution in [0.25, 0.3) is 0 Å². The van der Waals surface area contributed by atoms with Gasteiger partial charge in [0.25, 0.3) is 0 Å². The van der Waals surface area contributed by atoms with Crippen molar-refractivity contribution in [3.05, 3.63) is 63.6 Å². The smallest absolute Gasteiger partial charge is 0.242 e. The standard InChI is InChI=1S/C25H33BrClN3O4S/c1-5-18(2)28-25(32)19(3)29(17-20-8-6-9-21(26)16-20)24(31)10-7-15-30(35(4,33)34)23-13-11-22(27)12-14-23/h6,8-9,11-14,16,18-19H,5,7,10,15,17H2,1-4H3,(H,28,32)/t18-,19+/m1/s1. The number of sulfonamides is 1. The van der Waals surface area contributed by atoms with Crippen molar-refractivity contribution >= 4 is 55.1 Å². The van der Waals surface area contributed by atoms with Gasteiger partial charge in [-0.3, -0.25) is 13.9 Å². The number of nitrogens with one attached hydrogen (secondary N) is 1. The van der Waals surface area contributed by atoms with Gasteiger partial charge in [-0.25, -0.2) is 8.42 Å². The van der Waals surface area contributed by atoms with Crippen LogP contribution in [-0.4, -0.2) is 50.0 Å². The molecule has 0 aliphatic rings. The van der Waals surface area contributed by atoms with Crippen LogP contribution in [0.5, 0.6) is 0 Å². The molecule has 0 saturated heterocycles. The van der Waals surface area contributed by atoms with Gasteiger partial charge >= 0.3 is 0 Å². The van der Waals surface area contributed by atoms with E-state index < -0.39 is 16.1 Å². The third kappa shape index (κ3) is 9.13. The highest BCUT2D eigenvalue weighted by atomic mass is 79.9. The van der Waals surface area contributed by atoms with Crippen molar-refractivity contribution in [2.45, 2.75) is 58.7 Å². The molecule has 2 amide bonds. The molecule has 2 aromatic carbocycles. The van der Waals surface area contributed by atoms with Crippen molar-refractivity contribution in [1.82, 2.24) is 10.2 Å². The normalized spacial score (nSPS) is 13.1. The summed E-state index contributed by atoms with van der Waals surface area (Å²) in [4.78, 5) is 27.7. The number of hydrogen-bond donors (Lipinski definition) is 1. The molecule has 2 aromatic rings. The fraction of sp³-hybridized carbons (Fsp3) is 0.440. The Balaban J connectivity index is 2.16. The van der Waals surface area contributed by atoms with Crippen molar-refractivity contribution in [2.24, 2.45) is 0 Å². The molecular formula is C25H33BrClN3O4S. The van der Waals surface area contributed by atoms with Gasteiger partial charge in [-0.15, -0.1) is 0 Å². The first-order valence-electron chi connectivity index (χ1n) is 11.5. The molecule has 1 N–H and O–H groups in total. The van der Waals surface area contributed by atoms with Gasteiger partial charge in [0.1, 0.15) is 6.04 Å². The molecule has 0 fully saturated rings. The average molecular weight is 587 g/mol. The van der Waals surface area contributed by atoms with E-state index in [1.54, 1.807) is 36.1 Å². The number of benzene rings is 2. The molecule has 0 heterocycles. The Morgan fingerprint density at radius 2 is 1.77 bits per heavy atom. The molecule has 0 radical (unpaired) electrons. The van der Waals surface area contributed by atoms with Crippen LogP contribution in [0.2, 0.25) is 5.02 Å². The van der Waals surface area contributed by atoms with Gasteiger partial charge in [0.05, 0.1) is 11.9 Å². The molecule has 0 aliphatic heterocycles. The van der Waals surface area contributed by atoms with E-state index in [1.165, 1.54) is 4.31 Å². The molecular weight excluding hydrogens is 554 g/mol. The lowest BCUT2D eigenvalue weighted by atomic mass is 10.1. The van der Waals surface area contributed by atoms with Crippen molar-refractivity contribution in [3.8, 4) is 0 Å². The Morgan fingerprint density at radius 3 is 2.34 bits per heavy atom. The maximum absolute atomic E-state index is 13.3. The second kappa shape index (κ2) is 13.3. The van der Waals surface area contributed by atoms with E-state index in [0.717, 1.165) is 22.7 Å². The van der Waals surface area contributed by atoms with Gasteiger partial charge in [0.2, 0.25) is 21.8 Å². The third-order valence-electron chi connectivity index (χ3n) is 5.68. The number of carbonyl (C=O) groups excluding carboxylic acids is 2. The maximum atomic E-state index is 13.3. The molecule has 2 atom stereocenters. The zero-order chi connectivity index (χ0) is 26.2. The van der Waals surface area contributed by atoms with Gasteiger partial charge < -0.3 is 10.2 Å². The fourth-order valence-electron chi connectivity index (χ4n) is 3.49. The molecule has 192 valence electrons. The van der Waals surface area contributed by atoms with Crippen molar-refractivity contribution in [1.29, 1.82) is 0 Å². The number of halogens is 2. The molecule has 0 unspecified atom stereocenters. The summed E-state index contributed by atoms with van der Waals surface area (Å²) in [5.74, 6) is -0.442. The molecule has 0 saturated carbocycles. The SMILES string of the molecule is CC[C@@H](C)NC(=O)[C@H](C)N(Cc1cccc(Br)c1)C(=O)CCCN(c1ccc(Cl)cc1)S(C)(=O)=O. The van der Waals surface area contributed by atoms with Crippen LogP contribution in [0.4, 0.5) is 5.69 Å². The van der Waals surface area contributed by atoms with E-state index in [-0.39, 0.29) is 37.4 Å². The van der Waals surface area contributed by atoms with Crippen LogP contribution in [0.15, 0.2) is 53.0 Å². The molecule has 0 bridgehead atoms. The molecule has 7 nitrogen and oxygen atoms in total. The van der Waals surface area contributed by atoms with Crippen molar-refractivity contribution in [3.63, 3.8) is 0 Å². The largest absolute Gasteiger partial charge is 0.352 e. The maximum Gasteiger partial charge on any atom is 0.242 e. The zero-order valence-electron chi connectivity index (χ0n) is 20.5. The quantitative estimate of drug-likeness (QED) is 0.380. The Hall–Kier alpha value is -2.10. The van der Waals surface area contributed by atoms with Crippen LogP contribution in [0.1, 0.15) is 45.6 Å².